The Balaban J connectivity index is 2.43. The average Bonchev–Trinajstić information content (AvgIpc) is 2.58. The zero-order chi connectivity index (χ0) is 19.4. The topological polar surface area (TPSA) is 71.8 Å². The van der Waals surface area contributed by atoms with E-state index in [1.165, 1.54) is 4.90 Å². The molecular weight excluding hydrogens is 332 g/mol. The van der Waals surface area contributed by atoms with E-state index in [-0.39, 0.29) is 12.2 Å². The Morgan fingerprint density at radius 2 is 1.96 bits per heavy atom. The fourth-order valence-corrected chi connectivity index (χ4v) is 2.14. The molecule has 0 radical (unpaired) electrons. The van der Waals surface area contributed by atoms with E-state index in [1.54, 1.807) is 7.05 Å². The molecule has 0 saturated carbocycles. The van der Waals surface area contributed by atoms with Crippen LogP contribution in [0.5, 0.6) is 0 Å². The Kier molecular flexibility index (Phi) is 9.71. The van der Waals surface area contributed by atoms with Gasteiger partial charge in [-0.1, -0.05) is 30.3 Å². The van der Waals surface area contributed by atoms with Crippen LogP contribution in [-0.4, -0.2) is 49.5 Å². The molecule has 1 atom stereocenters. The van der Waals surface area contributed by atoms with Gasteiger partial charge in [-0.3, -0.25) is 0 Å². The molecule has 0 bridgehead atoms. The standard InChI is InChI=1S/C20H30N2O4/c1-20(2,3)26-19(23)22(4)13-11-18(25-14-8-12-21)16-24-15-17-9-6-5-7-10-17/h5-7,9-10,18H,8,11,13-16H2,1-4H3. The Morgan fingerprint density at radius 1 is 1.27 bits per heavy atom. The number of amides is 1. The molecule has 144 valence electrons. The van der Waals surface area contributed by atoms with Crippen molar-refractivity contribution >= 4 is 6.09 Å². The first-order valence-electron chi connectivity index (χ1n) is 8.86. The number of ether oxygens (including phenoxy) is 3. The number of carbonyl (C=O) groups is 1. The minimum absolute atomic E-state index is 0.183. The summed E-state index contributed by atoms with van der Waals surface area (Å²) in [4.78, 5) is 13.6. The van der Waals surface area contributed by atoms with E-state index < -0.39 is 5.60 Å². The van der Waals surface area contributed by atoms with E-state index in [0.717, 1.165) is 5.56 Å². The molecule has 26 heavy (non-hydrogen) atoms. The van der Waals surface area contributed by atoms with Gasteiger partial charge in [0.25, 0.3) is 0 Å². The highest BCUT2D eigenvalue weighted by atomic mass is 16.6. The number of nitrogens with zero attached hydrogens (tertiary/aromatic N) is 2. The Labute approximate surface area is 156 Å². The van der Waals surface area contributed by atoms with Crippen molar-refractivity contribution in [2.75, 3.05) is 26.8 Å². The molecule has 6 heteroatoms. The monoisotopic (exact) mass is 362 g/mol. The van der Waals surface area contributed by atoms with E-state index in [2.05, 4.69) is 6.07 Å². The fraction of sp³-hybridized carbons (Fsp3) is 0.600. The van der Waals surface area contributed by atoms with E-state index in [9.17, 15) is 4.79 Å². The minimum Gasteiger partial charge on any atom is -0.444 e. The summed E-state index contributed by atoms with van der Waals surface area (Å²) >= 11 is 0. The molecule has 1 unspecified atom stereocenters. The van der Waals surface area contributed by atoms with Gasteiger partial charge in [0.15, 0.2) is 0 Å². The lowest BCUT2D eigenvalue weighted by Crippen LogP contribution is -2.36. The maximum atomic E-state index is 12.0. The largest absolute Gasteiger partial charge is 0.444 e. The molecule has 6 nitrogen and oxygen atoms in total. The van der Waals surface area contributed by atoms with Crippen LogP contribution in [0.4, 0.5) is 4.79 Å². The van der Waals surface area contributed by atoms with Crippen LogP contribution in [0.1, 0.15) is 39.2 Å². The molecule has 1 amide bonds. The van der Waals surface area contributed by atoms with Gasteiger partial charge in [0, 0.05) is 13.6 Å². The first kappa shape index (κ1) is 21.9. The van der Waals surface area contributed by atoms with Gasteiger partial charge in [-0.25, -0.2) is 4.79 Å². The SMILES string of the molecule is CN(CCC(COCc1ccccc1)OCCC#N)C(=O)OC(C)(C)C. The molecule has 1 aromatic carbocycles. The Hall–Kier alpha value is -2.10. The van der Waals surface area contributed by atoms with E-state index in [1.807, 2.05) is 51.1 Å². The second kappa shape index (κ2) is 11.5. The van der Waals surface area contributed by atoms with Crippen molar-refractivity contribution in [3.05, 3.63) is 35.9 Å². The normalized spacial score (nSPS) is 12.3. The first-order chi connectivity index (χ1) is 12.3. The van der Waals surface area contributed by atoms with Gasteiger partial charge in [0.1, 0.15) is 5.60 Å². The average molecular weight is 362 g/mol. The quantitative estimate of drug-likeness (QED) is 0.593. The van der Waals surface area contributed by atoms with Crippen molar-refractivity contribution in [2.45, 2.75) is 51.9 Å². The lowest BCUT2D eigenvalue weighted by atomic mass is 10.2. The molecule has 0 aliphatic rings. The highest BCUT2D eigenvalue weighted by molar-refractivity contribution is 5.67. The minimum atomic E-state index is -0.521. The smallest absolute Gasteiger partial charge is 0.410 e. The third-order valence-electron chi connectivity index (χ3n) is 3.47. The van der Waals surface area contributed by atoms with E-state index in [0.29, 0.717) is 39.2 Å². The summed E-state index contributed by atoms with van der Waals surface area (Å²) in [6, 6.07) is 12.0. The van der Waals surface area contributed by atoms with Gasteiger partial charge in [-0.2, -0.15) is 5.26 Å². The maximum Gasteiger partial charge on any atom is 0.410 e. The first-order valence-corrected chi connectivity index (χ1v) is 8.86. The molecule has 1 rings (SSSR count). The Morgan fingerprint density at radius 3 is 2.58 bits per heavy atom. The third kappa shape index (κ3) is 10.0. The van der Waals surface area contributed by atoms with Gasteiger partial charge in [-0.05, 0) is 32.8 Å². The molecule has 0 heterocycles. The van der Waals surface area contributed by atoms with Gasteiger partial charge in [0.2, 0.25) is 0 Å². The Bertz CT molecular complexity index is 563. The number of hydrogen-bond donors (Lipinski definition) is 0. The van der Waals surface area contributed by atoms with Crippen LogP contribution in [0.2, 0.25) is 0 Å². The predicted molar refractivity (Wildman–Crippen MR) is 99.5 cm³/mol. The van der Waals surface area contributed by atoms with Crippen molar-refractivity contribution in [3.63, 3.8) is 0 Å². The summed E-state index contributed by atoms with van der Waals surface area (Å²) in [7, 11) is 1.70. The molecule has 0 aromatic heterocycles. The van der Waals surface area contributed by atoms with E-state index >= 15 is 0 Å². The third-order valence-corrected chi connectivity index (χ3v) is 3.47. The highest BCUT2D eigenvalue weighted by Crippen LogP contribution is 2.11. The number of rotatable bonds is 10. The summed E-state index contributed by atoms with van der Waals surface area (Å²) in [5, 5.41) is 8.67. The van der Waals surface area contributed by atoms with Crippen LogP contribution in [0.3, 0.4) is 0 Å². The second-order valence-corrected chi connectivity index (χ2v) is 7.09. The summed E-state index contributed by atoms with van der Waals surface area (Å²) < 4.78 is 16.8. The number of nitriles is 1. The fourth-order valence-electron chi connectivity index (χ4n) is 2.14. The summed E-state index contributed by atoms with van der Waals surface area (Å²) in [6.07, 6.45) is 0.392. The van der Waals surface area contributed by atoms with E-state index in [4.69, 9.17) is 19.5 Å². The van der Waals surface area contributed by atoms with Crippen molar-refractivity contribution in [1.29, 1.82) is 5.26 Å². The van der Waals surface area contributed by atoms with Crippen LogP contribution < -0.4 is 0 Å². The van der Waals surface area contributed by atoms with Crippen molar-refractivity contribution < 1.29 is 19.0 Å². The molecule has 0 saturated heterocycles. The van der Waals surface area contributed by atoms with Crippen LogP contribution in [0, 0.1) is 11.3 Å². The van der Waals surface area contributed by atoms with Crippen molar-refractivity contribution in [2.24, 2.45) is 0 Å². The van der Waals surface area contributed by atoms with Crippen LogP contribution >= 0.6 is 0 Å². The molecule has 0 fully saturated rings. The summed E-state index contributed by atoms with van der Waals surface area (Å²) in [5.74, 6) is 0. The van der Waals surface area contributed by atoms with Gasteiger partial charge in [-0.15, -0.1) is 0 Å². The number of hydrogen-bond acceptors (Lipinski definition) is 5. The number of benzene rings is 1. The molecule has 0 N–H and O–H groups in total. The maximum absolute atomic E-state index is 12.0. The summed E-state index contributed by atoms with van der Waals surface area (Å²) in [6.45, 7) is 7.26. The number of carbonyl (C=O) groups excluding carboxylic acids is 1. The zero-order valence-electron chi connectivity index (χ0n) is 16.2. The predicted octanol–water partition coefficient (Wildman–Crippen LogP) is 3.76. The van der Waals surface area contributed by atoms with Gasteiger partial charge >= 0.3 is 6.09 Å². The van der Waals surface area contributed by atoms with Crippen LogP contribution in [0.25, 0.3) is 0 Å². The summed E-state index contributed by atoms with van der Waals surface area (Å²) in [5.41, 5.74) is 0.571. The molecule has 0 spiro atoms. The molecule has 0 aliphatic heterocycles. The van der Waals surface area contributed by atoms with Crippen molar-refractivity contribution in [1.82, 2.24) is 4.90 Å². The van der Waals surface area contributed by atoms with Crippen molar-refractivity contribution in [3.8, 4) is 6.07 Å². The van der Waals surface area contributed by atoms with Crippen LogP contribution in [0.15, 0.2) is 30.3 Å². The molecular formula is C20H30N2O4. The van der Waals surface area contributed by atoms with Gasteiger partial charge < -0.3 is 19.1 Å². The lowest BCUT2D eigenvalue weighted by Gasteiger charge is -2.26. The second-order valence-electron chi connectivity index (χ2n) is 7.09. The molecule has 1 aromatic rings. The van der Waals surface area contributed by atoms with Gasteiger partial charge in [0.05, 0.1) is 38.4 Å². The zero-order valence-corrected chi connectivity index (χ0v) is 16.2. The lowest BCUT2D eigenvalue weighted by molar-refractivity contribution is -0.0281. The molecule has 0 aliphatic carbocycles. The van der Waals surface area contributed by atoms with Crippen LogP contribution in [-0.2, 0) is 20.8 Å². The highest BCUT2D eigenvalue weighted by Gasteiger charge is 2.20.